The second-order valence-corrected chi connectivity index (χ2v) is 5.48. The van der Waals surface area contributed by atoms with Crippen molar-refractivity contribution in [1.82, 2.24) is 0 Å². The number of carboxylic acids is 1. The van der Waals surface area contributed by atoms with Crippen LogP contribution in [-0.2, 0) is 9.53 Å². The fourth-order valence-electron chi connectivity index (χ4n) is 2.85. The molecule has 2 atom stereocenters. The van der Waals surface area contributed by atoms with E-state index in [1.807, 2.05) is 20.8 Å². The molecule has 16 heavy (non-hydrogen) atoms. The third-order valence-electron chi connectivity index (χ3n) is 3.60. The predicted octanol–water partition coefficient (Wildman–Crippen LogP) is 1.77. The van der Waals surface area contributed by atoms with Crippen molar-refractivity contribution in [2.24, 2.45) is 11.1 Å². The average Bonchev–Trinajstić information content (AvgIpc) is 2.13. The first-order chi connectivity index (χ1) is 7.31. The largest absolute Gasteiger partial charge is 0.481 e. The predicted molar refractivity (Wildman–Crippen MR) is 62.2 cm³/mol. The van der Waals surface area contributed by atoms with Gasteiger partial charge < -0.3 is 15.6 Å². The molecule has 1 aliphatic heterocycles. The molecule has 0 saturated carbocycles. The number of rotatable bonds is 4. The lowest BCUT2D eigenvalue weighted by Crippen LogP contribution is -2.51. The summed E-state index contributed by atoms with van der Waals surface area (Å²) in [5, 5.41) is 9.05. The van der Waals surface area contributed by atoms with E-state index in [1.54, 1.807) is 0 Å². The molecular weight excluding hydrogens is 206 g/mol. The fraction of sp³-hybridized carbons (Fsp3) is 0.917. The van der Waals surface area contributed by atoms with Crippen molar-refractivity contribution in [2.75, 3.05) is 6.61 Å². The molecule has 0 spiro atoms. The average molecular weight is 229 g/mol. The third kappa shape index (κ3) is 2.95. The topological polar surface area (TPSA) is 72.6 Å². The summed E-state index contributed by atoms with van der Waals surface area (Å²) in [6.07, 6.45) is 2.43. The van der Waals surface area contributed by atoms with E-state index < -0.39 is 5.97 Å². The standard InChI is InChI=1S/C12H23NO3/c1-4-9(13)12(7-10(14)15)5-6-16-11(2,3)8-12/h9H,4-8,13H2,1-3H3,(H,14,15). The van der Waals surface area contributed by atoms with Crippen LogP contribution in [-0.4, -0.2) is 29.3 Å². The summed E-state index contributed by atoms with van der Waals surface area (Å²) in [6.45, 7) is 6.63. The van der Waals surface area contributed by atoms with Crippen LogP contribution in [0.2, 0.25) is 0 Å². The van der Waals surface area contributed by atoms with Crippen LogP contribution in [0.3, 0.4) is 0 Å². The van der Waals surface area contributed by atoms with Gasteiger partial charge in [0, 0.05) is 18.1 Å². The lowest BCUT2D eigenvalue weighted by molar-refractivity contribution is -0.149. The van der Waals surface area contributed by atoms with Gasteiger partial charge in [-0.05, 0) is 33.1 Å². The second-order valence-electron chi connectivity index (χ2n) is 5.48. The van der Waals surface area contributed by atoms with E-state index in [0.29, 0.717) is 6.61 Å². The molecule has 1 rings (SSSR count). The van der Waals surface area contributed by atoms with E-state index in [2.05, 4.69) is 0 Å². The molecule has 0 aromatic carbocycles. The zero-order chi connectivity index (χ0) is 12.4. The number of hydrogen-bond donors (Lipinski definition) is 2. The molecule has 1 saturated heterocycles. The van der Waals surface area contributed by atoms with Crippen LogP contribution in [0.15, 0.2) is 0 Å². The molecule has 1 aliphatic rings. The van der Waals surface area contributed by atoms with Crippen LogP contribution in [0.1, 0.15) is 46.5 Å². The van der Waals surface area contributed by atoms with Crippen LogP contribution in [0.25, 0.3) is 0 Å². The highest BCUT2D eigenvalue weighted by atomic mass is 16.5. The Hall–Kier alpha value is -0.610. The van der Waals surface area contributed by atoms with Crippen LogP contribution >= 0.6 is 0 Å². The molecule has 4 heteroatoms. The Kier molecular flexibility index (Phi) is 3.97. The molecule has 1 heterocycles. The maximum absolute atomic E-state index is 11.0. The molecule has 0 amide bonds. The maximum Gasteiger partial charge on any atom is 0.303 e. The minimum Gasteiger partial charge on any atom is -0.481 e. The molecule has 94 valence electrons. The van der Waals surface area contributed by atoms with Crippen LogP contribution < -0.4 is 5.73 Å². The van der Waals surface area contributed by atoms with Gasteiger partial charge in [-0.3, -0.25) is 4.79 Å². The molecule has 3 N–H and O–H groups in total. The first-order valence-corrected chi connectivity index (χ1v) is 5.93. The van der Waals surface area contributed by atoms with E-state index in [4.69, 9.17) is 15.6 Å². The van der Waals surface area contributed by atoms with Gasteiger partial charge in [0.2, 0.25) is 0 Å². The molecule has 2 unspecified atom stereocenters. The summed E-state index contributed by atoms with van der Waals surface area (Å²) in [5.41, 5.74) is 5.57. The smallest absolute Gasteiger partial charge is 0.303 e. The lowest BCUT2D eigenvalue weighted by atomic mass is 9.66. The Labute approximate surface area is 97.2 Å². The lowest BCUT2D eigenvalue weighted by Gasteiger charge is -2.47. The van der Waals surface area contributed by atoms with Gasteiger partial charge in [0.15, 0.2) is 0 Å². The SMILES string of the molecule is CCC(N)C1(CC(=O)O)CCOC(C)(C)C1. The Morgan fingerprint density at radius 2 is 2.19 bits per heavy atom. The molecular formula is C12H23NO3. The van der Waals surface area contributed by atoms with Gasteiger partial charge >= 0.3 is 5.97 Å². The van der Waals surface area contributed by atoms with Gasteiger partial charge in [0.1, 0.15) is 0 Å². The highest BCUT2D eigenvalue weighted by Crippen LogP contribution is 2.44. The Morgan fingerprint density at radius 3 is 2.62 bits per heavy atom. The van der Waals surface area contributed by atoms with Gasteiger partial charge in [-0.2, -0.15) is 0 Å². The van der Waals surface area contributed by atoms with Crippen molar-refractivity contribution in [2.45, 2.75) is 58.1 Å². The summed E-state index contributed by atoms with van der Waals surface area (Å²) < 4.78 is 5.65. The van der Waals surface area contributed by atoms with Crippen molar-refractivity contribution in [1.29, 1.82) is 0 Å². The first-order valence-electron chi connectivity index (χ1n) is 5.93. The summed E-state index contributed by atoms with van der Waals surface area (Å²) in [4.78, 5) is 11.0. The van der Waals surface area contributed by atoms with E-state index in [0.717, 1.165) is 19.3 Å². The van der Waals surface area contributed by atoms with Crippen molar-refractivity contribution < 1.29 is 14.6 Å². The monoisotopic (exact) mass is 229 g/mol. The Balaban J connectivity index is 2.89. The van der Waals surface area contributed by atoms with Gasteiger partial charge in [0.05, 0.1) is 12.0 Å². The van der Waals surface area contributed by atoms with E-state index in [-0.39, 0.29) is 23.5 Å². The zero-order valence-electron chi connectivity index (χ0n) is 10.5. The summed E-state index contributed by atoms with van der Waals surface area (Å²) in [7, 11) is 0. The minimum absolute atomic E-state index is 0.0632. The van der Waals surface area contributed by atoms with Crippen LogP contribution in [0, 0.1) is 5.41 Å². The number of aliphatic carboxylic acids is 1. The zero-order valence-corrected chi connectivity index (χ0v) is 10.5. The quantitative estimate of drug-likeness (QED) is 0.770. The van der Waals surface area contributed by atoms with Crippen LogP contribution in [0.4, 0.5) is 0 Å². The number of hydrogen-bond acceptors (Lipinski definition) is 3. The summed E-state index contributed by atoms with van der Waals surface area (Å²) in [5.74, 6) is -0.762. The van der Waals surface area contributed by atoms with Gasteiger partial charge in [-0.1, -0.05) is 6.92 Å². The van der Waals surface area contributed by atoms with Crippen molar-refractivity contribution in [3.63, 3.8) is 0 Å². The Bertz CT molecular complexity index is 265. The fourth-order valence-corrected chi connectivity index (χ4v) is 2.85. The van der Waals surface area contributed by atoms with E-state index in [1.165, 1.54) is 0 Å². The Morgan fingerprint density at radius 1 is 1.56 bits per heavy atom. The normalized spacial score (nSPS) is 31.0. The number of carboxylic acid groups (broad SMARTS) is 1. The van der Waals surface area contributed by atoms with E-state index >= 15 is 0 Å². The first kappa shape index (κ1) is 13.5. The van der Waals surface area contributed by atoms with Gasteiger partial charge in [0.25, 0.3) is 0 Å². The maximum atomic E-state index is 11.0. The molecule has 0 bridgehead atoms. The summed E-state index contributed by atoms with van der Waals surface area (Å²) in [6, 6.07) is -0.0632. The highest BCUT2D eigenvalue weighted by Gasteiger charge is 2.45. The minimum atomic E-state index is -0.762. The molecule has 4 nitrogen and oxygen atoms in total. The molecule has 1 fully saturated rings. The molecule has 0 aliphatic carbocycles. The molecule has 0 aromatic rings. The highest BCUT2D eigenvalue weighted by molar-refractivity contribution is 5.68. The molecule has 0 aromatic heterocycles. The number of nitrogens with two attached hydrogens (primary N) is 1. The van der Waals surface area contributed by atoms with Crippen LogP contribution in [0.5, 0.6) is 0 Å². The van der Waals surface area contributed by atoms with Gasteiger partial charge in [-0.25, -0.2) is 0 Å². The summed E-state index contributed by atoms with van der Waals surface area (Å²) >= 11 is 0. The second kappa shape index (κ2) is 4.72. The van der Waals surface area contributed by atoms with Crippen molar-refractivity contribution in [3.05, 3.63) is 0 Å². The van der Waals surface area contributed by atoms with Crippen molar-refractivity contribution in [3.8, 4) is 0 Å². The van der Waals surface area contributed by atoms with Gasteiger partial charge in [-0.15, -0.1) is 0 Å². The van der Waals surface area contributed by atoms with E-state index in [9.17, 15) is 4.79 Å². The number of carbonyl (C=O) groups is 1. The third-order valence-corrected chi connectivity index (χ3v) is 3.60. The number of ether oxygens (including phenoxy) is 1. The van der Waals surface area contributed by atoms with Crippen molar-refractivity contribution >= 4 is 5.97 Å². The molecule has 0 radical (unpaired) electrons.